The van der Waals surface area contributed by atoms with Gasteiger partial charge in [-0.3, -0.25) is 4.79 Å². The van der Waals surface area contributed by atoms with E-state index in [2.05, 4.69) is 0 Å². The summed E-state index contributed by atoms with van der Waals surface area (Å²) in [6, 6.07) is 0. The molecule has 0 fully saturated rings. The van der Waals surface area contributed by atoms with Gasteiger partial charge in [-0.05, 0) is 20.0 Å². The molecule has 0 bridgehead atoms. The fraction of sp³-hybridized carbons (Fsp3) is 0.889. The molecule has 0 spiro atoms. The van der Waals surface area contributed by atoms with E-state index in [1.54, 1.807) is 11.9 Å². The number of hydrogen-bond acceptors (Lipinski definition) is 2. The minimum Gasteiger partial charge on any atom is -0.481 e. The first-order valence-corrected chi connectivity index (χ1v) is 4.70. The largest absolute Gasteiger partial charge is 0.481 e. The molecule has 0 saturated carbocycles. The van der Waals surface area contributed by atoms with Crippen molar-refractivity contribution in [2.75, 3.05) is 20.1 Å². The van der Waals surface area contributed by atoms with Crippen LogP contribution in [0.4, 0.5) is 13.2 Å². The predicted octanol–water partition coefficient (Wildman–Crippen LogP) is 1.98. The van der Waals surface area contributed by atoms with Crippen LogP contribution < -0.4 is 0 Å². The van der Waals surface area contributed by atoms with Crippen molar-refractivity contribution in [2.24, 2.45) is 5.92 Å². The molecule has 6 heteroatoms. The molecule has 15 heavy (non-hydrogen) atoms. The highest BCUT2D eigenvalue weighted by molar-refractivity contribution is 5.69. The van der Waals surface area contributed by atoms with Crippen LogP contribution in [0.15, 0.2) is 0 Å². The van der Waals surface area contributed by atoms with Crippen LogP contribution in [0.3, 0.4) is 0 Å². The van der Waals surface area contributed by atoms with Gasteiger partial charge in [0, 0.05) is 13.0 Å². The SMILES string of the molecule is CC(CN(C)CCCC(F)(F)F)C(=O)O. The number of halogens is 3. The van der Waals surface area contributed by atoms with Crippen LogP contribution in [0.5, 0.6) is 0 Å². The minimum absolute atomic E-state index is 0.00629. The third-order valence-electron chi connectivity index (χ3n) is 2.01. The van der Waals surface area contributed by atoms with Gasteiger partial charge >= 0.3 is 12.1 Å². The number of alkyl halides is 3. The van der Waals surface area contributed by atoms with Gasteiger partial charge in [-0.2, -0.15) is 13.2 Å². The Morgan fingerprint density at radius 2 is 2.00 bits per heavy atom. The Bertz CT molecular complexity index is 206. The van der Waals surface area contributed by atoms with E-state index in [1.807, 2.05) is 0 Å². The Hall–Kier alpha value is -0.780. The Morgan fingerprint density at radius 1 is 1.47 bits per heavy atom. The molecule has 0 aromatic heterocycles. The first-order chi connectivity index (χ1) is 6.72. The normalized spacial score (nSPS) is 14.3. The average Bonchev–Trinajstić information content (AvgIpc) is 2.01. The monoisotopic (exact) mass is 227 g/mol. The summed E-state index contributed by atoms with van der Waals surface area (Å²) in [6.07, 6.45) is -4.94. The van der Waals surface area contributed by atoms with E-state index in [-0.39, 0.29) is 19.5 Å². The van der Waals surface area contributed by atoms with Gasteiger partial charge < -0.3 is 10.0 Å². The van der Waals surface area contributed by atoms with Crippen molar-refractivity contribution < 1.29 is 23.1 Å². The summed E-state index contributed by atoms with van der Waals surface area (Å²) >= 11 is 0. The maximum atomic E-state index is 11.8. The summed E-state index contributed by atoms with van der Waals surface area (Å²) < 4.78 is 35.4. The molecule has 0 aliphatic rings. The van der Waals surface area contributed by atoms with Gasteiger partial charge in [-0.25, -0.2) is 0 Å². The van der Waals surface area contributed by atoms with Crippen molar-refractivity contribution >= 4 is 5.97 Å². The summed E-state index contributed by atoms with van der Waals surface area (Å²) in [6.45, 7) is 2.06. The number of hydrogen-bond donors (Lipinski definition) is 1. The van der Waals surface area contributed by atoms with E-state index in [0.29, 0.717) is 0 Å². The molecule has 0 amide bonds. The molecule has 1 atom stereocenters. The van der Waals surface area contributed by atoms with Crippen molar-refractivity contribution in [3.8, 4) is 0 Å². The van der Waals surface area contributed by atoms with Crippen LogP contribution in [-0.4, -0.2) is 42.3 Å². The lowest BCUT2D eigenvalue weighted by Gasteiger charge is -2.19. The quantitative estimate of drug-likeness (QED) is 0.754. The number of carboxylic acid groups (broad SMARTS) is 1. The highest BCUT2D eigenvalue weighted by Gasteiger charge is 2.26. The second-order valence-corrected chi connectivity index (χ2v) is 3.72. The highest BCUT2D eigenvalue weighted by atomic mass is 19.4. The molecule has 0 rings (SSSR count). The summed E-state index contributed by atoms with van der Waals surface area (Å²) in [4.78, 5) is 12.1. The van der Waals surface area contributed by atoms with Crippen LogP contribution in [0.2, 0.25) is 0 Å². The molecule has 3 nitrogen and oxygen atoms in total. The zero-order chi connectivity index (χ0) is 12.1. The van der Waals surface area contributed by atoms with E-state index < -0.39 is 24.5 Å². The Labute approximate surface area is 86.9 Å². The van der Waals surface area contributed by atoms with Gasteiger partial charge in [0.25, 0.3) is 0 Å². The lowest BCUT2D eigenvalue weighted by molar-refractivity contribution is -0.142. The molecule has 0 saturated heterocycles. The average molecular weight is 227 g/mol. The van der Waals surface area contributed by atoms with Gasteiger partial charge in [0.1, 0.15) is 0 Å². The van der Waals surface area contributed by atoms with Crippen LogP contribution in [0.1, 0.15) is 19.8 Å². The summed E-state index contributed by atoms with van der Waals surface area (Å²) in [5.41, 5.74) is 0. The number of rotatable bonds is 6. The van der Waals surface area contributed by atoms with Crippen molar-refractivity contribution in [1.82, 2.24) is 4.90 Å². The molecule has 1 unspecified atom stereocenters. The van der Waals surface area contributed by atoms with Gasteiger partial charge in [0.2, 0.25) is 0 Å². The van der Waals surface area contributed by atoms with Crippen molar-refractivity contribution in [3.05, 3.63) is 0 Å². The Kier molecular flexibility index (Phi) is 5.64. The molecule has 0 aromatic rings. The fourth-order valence-electron chi connectivity index (χ4n) is 1.19. The van der Waals surface area contributed by atoms with E-state index in [1.165, 1.54) is 6.92 Å². The lowest BCUT2D eigenvalue weighted by atomic mass is 10.1. The topological polar surface area (TPSA) is 40.5 Å². The van der Waals surface area contributed by atoms with Crippen LogP contribution in [0.25, 0.3) is 0 Å². The maximum Gasteiger partial charge on any atom is 0.389 e. The van der Waals surface area contributed by atoms with E-state index in [9.17, 15) is 18.0 Å². The summed E-state index contributed by atoms with van der Waals surface area (Å²) in [5, 5.41) is 8.58. The first kappa shape index (κ1) is 14.2. The van der Waals surface area contributed by atoms with Crippen molar-refractivity contribution in [2.45, 2.75) is 25.9 Å². The second kappa shape index (κ2) is 5.95. The molecular weight excluding hydrogens is 211 g/mol. The zero-order valence-corrected chi connectivity index (χ0v) is 8.84. The zero-order valence-electron chi connectivity index (χ0n) is 8.84. The molecule has 0 aromatic carbocycles. The van der Waals surface area contributed by atoms with Gasteiger partial charge in [-0.1, -0.05) is 6.92 Å². The summed E-state index contributed by atoms with van der Waals surface area (Å²) in [7, 11) is 1.62. The fourth-order valence-corrected chi connectivity index (χ4v) is 1.19. The highest BCUT2D eigenvalue weighted by Crippen LogP contribution is 2.21. The second-order valence-electron chi connectivity index (χ2n) is 3.72. The maximum absolute atomic E-state index is 11.8. The molecule has 0 heterocycles. The van der Waals surface area contributed by atoms with Gasteiger partial charge in [0.05, 0.1) is 5.92 Å². The molecule has 0 radical (unpaired) electrons. The molecular formula is C9H16F3NO2. The van der Waals surface area contributed by atoms with Crippen LogP contribution in [0, 0.1) is 5.92 Å². The minimum atomic E-state index is -4.13. The van der Waals surface area contributed by atoms with Gasteiger partial charge in [-0.15, -0.1) is 0 Å². The molecule has 1 N–H and O–H groups in total. The van der Waals surface area contributed by atoms with Gasteiger partial charge in [0.15, 0.2) is 0 Å². The number of carboxylic acids is 1. The van der Waals surface area contributed by atoms with E-state index >= 15 is 0 Å². The number of carbonyl (C=O) groups is 1. The number of nitrogens with zero attached hydrogens (tertiary/aromatic N) is 1. The molecule has 90 valence electrons. The molecule has 0 aliphatic carbocycles. The third kappa shape index (κ3) is 8.23. The number of aliphatic carboxylic acids is 1. The standard InChI is InChI=1S/C9H16F3NO2/c1-7(8(14)15)6-13(2)5-3-4-9(10,11)12/h7H,3-6H2,1-2H3,(H,14,15). The Morgan fingerprint density at radius 3 is 2.40 bits per heavy atom. The smallest absolute Gasteiger partial charge is 0.389 e. The third-order valence-corrected chi connectivity index (χ3v) is 2.01. The summed E-state index contributed by atoms with van der Waals surface area (Å²) in [5.74, 6) is -1.49. The lowest BCUT2D eigenvalue weighted by Crippen LogP contribution is -2.29. The first-order valence-electron chi connectivity index (χ1n) is 4.70. The Balaban J connectivity index is 3.67. The van der Waals surface area contributed by atoms with Crippen LogP contribution in [-0.2, 0) is 4.79 Å². The van der Waals surface area contributed by atoms with Crippen molar-refractivity contribution in [1.29, 1.82) is 0 Å². The van der Waals surface area contributed by atoms with Crippen molar-refractivity contribution in [3.63, 3.8) is 0 Å². The predicted molar refractivity (Wildman–Crippen MR) is 49.6 cm³/mol. The van der Waals surface area contributed by atoms with E-state index in [4.69, 9.17) is 5.11 Å². The van der Waals surface area contributed by atoms with Crippen LogP contribution >= 0.6 is 0 Å². The van der Waals surface area contributed by atoms with E-state index in [0.717, 1.165) is 0 Å². The molecule has 0 aliphatic heterocycles.